The zero-order chi connectivity index (χ0) is 34.7. The highest BCUT2D eigenvalue weighted by Gasteiger charge is 2.26. The van der Waals surface area contributed by atoms with Gasteiger partial charge in [-0.1, -0.05) is 113 Å². The Balaban J connectivity index is 1.41. The molecule has 1 heterocycles. The molecule has 3 atom stereocenters. The molecule has 0 aliphatic carbocycles. The van der Waals surface area contributed by atoms with Crippen LogP contribution in [-0.4, -0.2) is 51.0 Å². The van der Waals surface area contributed by atoms with E-state index in [1.165, 1.54) is 43.9 Å². The molecule has 0 saturated heterocycles. The van der Waals surface area contributed by atoms with Crippen molar-refractivity contribution in [2.24, 2.45) is 0 Å². The summed E-state index contributed by atoms with van der Waals surface area (Å²) in [6.07, 6.45) is 5.10. The average Bonchev–Trinajstić information content (AvgIpc) is 3.56. The quantitative estimate of drug-likeness (QED) is 0.0679. The normalized spacial score (nSPS) is 13.5. The summed E-state index contributed by atoms with van der Waals surface area (Å²) >= 11 is 1.49. The molecule has 0 bridgehead atoms. The van der Waals surface area contributed by atoms with Crippen LogP contribution in [-0.2, 0) is 21.4 Å². The van der Waals surface area contributed by atoms with Gasteiger partial charge in [0.1, 0.15) is 28.0 Å². The predicted molar refractivity (Wildman–Crippen MR) is 191 cm³/mol. The van der Waals surface area contributed by atoms with E-state index in [2.05, 4.69) is 48.5 Å². The van der Waals surface area contributed by atoms with E-state index >= 15 is 0 Å². The third kappa shape index (κ3) is 10.7. The fourth-order valence-corrected chi connectivity index (χ4v) is 5.97. The molecule has 4 rings (SSSR count). The number of unbranched alkanes of at least 4 members (excludes halogenated alkanes) is 4. The van der Waals surface area contributed by atoms with Gasteiger partial charge in [-0.05, 0) is 66.1 Å². The number of amides is 1. The molecule has 1 aromatic heterocycles. The van der Waals surface area contributed by atoms with Gasteiger partial charge in [-0.15, -0.1) is 10.2 Å². The molecule has 1 unspecified atom stereocenters. The zero-order valence-electron chi connectivity index (χ0n) is 28.5. The molecule has 256 valence electrons. The summed E-state index contributed by atoms with van der Waals surface area (Å²) in [7, 11) is 0. The van der Waals surface area contributed by atoms with Gasteiger partial charge < -0.3 is 20.3 Å². The molecule has 4 aromatic rings. The van der Waals surface area contributed by atoms with E-state index in [1.54, 1.807) is 0 Å². The lowest BCUT2D eigenvalue weighted by atomic mass is 9.86. The van der Waals surface area contributed by atoms with Crippen LogP contribution >= 0.6 is 11.3 Å². The Morgan fingerprint density at radius 3 is 2.00 bits per heavy atom. The van der Waals surface area contributed by atoms with Gasteiger partial charge in [0, 0.05) is 11.1 Å². The largest absolute Gasteiger partial charge is 0.494 e. The number of carbonyl (C=O) groups excluding carboxylic acids is 1. The Morgan fingerprint density at radius 1 is 0.854 bits per heavy atom. The first-order valence-corrected chi connectivity index (χ1v) is 17.5. The van der Waals surface area contributed by atoms with Gasteiger partial charge in [0.05, 0.1) is 12.6 Å². The molecule has 9 nitrogen and oxygen atoms in total. The second-order valence-corrected chi connectivity index (χ2v) is 14.1. The van der Waals surface area contributed by atoms with E-state index in [0.29, 0.717) is 5.56 Å². The Bertz CT molecular complexity index is 1600. The highest BCUT2D eigenvalue weighted by Crippen LogP contribution is 2.31. The van der Waals surface area contributed by atoms with Crippen molar-refractivity contribution in [3.8, 4) is 26.9 Å². The predicted octanol–water partition coefficient (Wildman–Crippen LogP) is 7.30. The van der Waals surface area contributed by atoms with Crippen molar-refractivity contribution in [2.75, 3.05) is 6.61 Å². The molecule has 0 fully saturated rings. The molecular weight excluding hydrogens is 625 g/mol. The van der Waals surface area contributed by atoms with Crippen LogP contribution in [0.15, 0.2) is 72.8 Å². The Labute approximate surface area is 287 Å². The van der Waals surface area contributed by atoms with Gasteiger partial charge in [-0.2, -0.15) is 0 Å². The number of aliphatic carboxylic acids is 1. The van der Waals surface area contributed by atoms with Gasteiger partial charge in [0.15, 0.2) is 0 Å². The number of rotatable bonds is 17. The summed E-state index contributed by atoms with van der Waals surface area (Å²) in [5.41, 5.74) is 4.37. The summed E-state index contributed by atoms with van der Waals surface area (Å²) in [5, 5.41) is 36.2. The Hall–Kier alpha value is -4.12. The van der Waals surface area contributed by atoms with Gasteiger partial charge in [0.25, 0.3) is 0 Å². The van der Waals surface area contributed by atoms with E-state index < -0.39 is 30.2 Å². The molecular formula is C38H48N4O5S. The molecule has 1 amide bonds. The highest BCUT2D eigenvalue weighted by molar-refractivity contribution is 7.17. The number of nitrogens with zero attached hydrogens (tertiary/aromatic N) is 2. The number of nitrogens with one attached hydrogen (secondary N) is 2. The SMILES string of the molecule is CCCCCCCOc1ccc(-c2nnc(-c3ccc(C[C@H](NC(O)c4ccc(C(C)(C)C)cc4)C(=O)N[C@H](C)C(=O)O)cc3)s2)cc1. The summed E-state index contributed by atoms with van der Waals surface area (Å²) in [5.74, 6) is -0.811. The third-order valence-electron chi connectivity index (χ3n) is 8.18. The van der Waals surface area contributed by atoms with Gasteiger partial charge in [-0.25, -0.2) is 0 Å². The maximum atomic E-state index is 13.2. The number of carboxylic acids is 1. The summed E-state index contributed by atoms with van der Waals surface area (Å²) in [6, 6.07) is 21.2. The van der Waals surface area contributed by atoms with Crippen LogP contribution in [0.3, 0.4) is 0 Å². The maximum absolute atomic E-state index is 13.2. The highest BCUT2D eigenvalue weighted by atomic mass is 32.1. The van der Waals surface area contributed by atoms with Crippen molar-refractivity contribution in [1.29, 1.82) is 0 Å². The number of aliphatic hydroxyl groups excluding tert-OH is 1. The third-order valence-corrected chi connectivity index (χ3v) is 9.20. The van der Waals surface area contributed by atoms with Crippen LogP contribution in [0.2, 0.25) is 0 Å². The fourth-order valence-electron chi connectivity index (χ4n) is 5.12. The van der Waals surface area contributed by atoms with Crippen LogP contribution < -0.4 is 15.4 Å². The van der Waals surface area contributed by atoms with Crippen molar-refractivity contribution < 1.29 is 24.5 Å². The van der Waals surface area contributed by atoms with E-state index in [9.17, 15) is 19.8 Å². The molecule has 4 N–H and O–H groups in total. The minimum atomic E-state index is -1.14. The molecule has 0 aliphatic heterocycles. The molecule has 0 aliphatic rings. The lowest BCUT2D eigenvalue weighted by molar-refractivity contribution is -0.141. The van der Waals surface area contributed by atoms with E-state index in [0.717, 1.165) is 51.0 Å². The van der Waals surface area contributed by atoms with Gasteiger partial charge in [-0.3, -0.25) is 14.9 Å². The maximum Gasteiger partial charge on any atom is 0.325 e. The number of hydrogen-bond donors (Lipinski definition) is 4. The van der Waals surface area contributed by atoms with Crippen LogP contribution in [0.5, 0.6) is 5.75 Å². The lowest BCUT2D eigenvalue weighted by Gasteiger charge is -2.24. The zero-order valence-corrected chi connectivity index (χ0v) is 29.3. The fraction of sp³-hybridized carbons (Fsp3) is 0.421. The second kappa shape index (κ2) is 17.3. The van der Waals surface area contributed by atoms with E-state index in [-0.39, 0.29) is 11.8 Å². The van der Waals surface area contributed by atoms with Crippen LogP contribution in [0, 0.1) is 0 Å². The molecule has 0 spiro atoms. The van der Waals surface area contributed by atoms with Gasteiger partial charge in [0.2, 0.25) is 5.91 Å². The van der Waals surface area contributed by atoms with Crippen molar-refractivity contribution in [2.45, 2.75) is 96.9 Å². The van der Waals surface area contributed by atoms with E-state index in [4.69, 9.17) is 4.74 Å². The number of hydrogen-bond acceptors (Lipinski definition) is 8. The second-order valence-electron chi connectivity index (χ2n) is 13.2. The monoisotopic (exact) mass is 672 g/mol. The molecule has 0 saturated carbocycles. The number of benzene rings is 3. The number of carboxylic acid groups (broad SMARTS) is 1. The number of aromatic nitrogens is 2. The van der Waals surface area contributed by atoms with E-state index in [1.807, 2.05) is 72.8 Å². The first-order chi connectivity index (χ1) is 22.9. The average molecular weight is 673 g/mol. The number of ether oxygens (including phenoxy) is 1. The minimum absolute atomic E-state index is 0.0392. The molecule has 3 aromatic carbocycles. The van der Waals surface area contributed by atoms with Crippen molar-refractivity contribution >= 4 is 23.2 Å². The first-order valence-electron chi connectivity index (χ1n) is 16.7. The number of aliphatic hydroxyl groups is 1. The lowest BCUT2D eigenvalue weighted by Crippen LogP contribution is -2.51. The standard InChI is InChI=1S/C38H48N4O5S/c1-6-7-8-9-10-23-47-31-21-17-29(18-22-31)36-42-41-35(48-36)28-13-11-26(12-14-28)24-32(34(44)39-25(2)37(45)46)40-33(43)27-15-19-30(20-16-27)38(3,4)5/h11-22,25,32-33,40,43H,6-10,23-24H2,1-5H3,(H,39,44)(H,45,46)/t25-,32+,33?/m1/s1. The van der Waals surface area contributed by atoms with Crippen LogP contribution in [0.1, 0.15) is 89.6 Å². The first kappa shape index (κ1) is 36.7. The van der Waals surface area contributed by atoms with Crippen molar-refractivity contribution in [3.63, 3.8) is 0 Å². The summed E-state index contributed by atoms with van der Waals surface area (Å²) in [4.78, 5) is 24.6. The topological polar surface area (TPSA) is 134 Å². The Morgan fingerprint density at radius 2 is 1.44 bits per heavy atom. The summed E-state index contributed by atoms with van der Waals surface area (Å²) in [6.45, 7) is 10.7. The van der Waals surface area contributed by atoms with Crippen LogP contribution in [0.25, 0.3) is 21.1 Å². The molecule has 0 radical (unpaired) electrons. The minimum Gasteiger partial charge on any atom is -0.494 e. The molecule has 48 heavy (non-hydrogen) atoms. The number of carbonyl (C=O) groups is 2. The smallest absolute Gasteiger partial charge is 0.325 e. The molecule has 10 heteroatoms. The van der Waals surface area contributed by atoms with Crippen LogP contribution in [0.4, 0.5) is 0 Å². The van der Waals surface area contributed by atoms with Gasteiger partial charge >= 0.3 is 5.97 Å². The van der Waals surface area contributed by atoms with Crippen molar-refractivity contribution in [1.82, 2.24) is 20.8 Å². The summed E-state index contributed by atoms with van der Waals surface area (Å²) < 4.78 is 5.89. The Kier molecular flexibility index (Phi) is 13.3. The van der Waals surface area contributed by atoms with Crippen molar-refractivity contribution in [3.05, 3.63) is 89.5 Å².